The highest BCUT2D eigenvalue weighted by Gasteiger charge is 2.20. The van der Waals surface area contributed by atoms with E-state index in [4.69, 9.17) is 16.3 Å². The molecule has 1 N–H and O–H groups in total. The van der Waals surface area contributed by atoms with Crippen LogP contribution in [-0.4, -0.2) is 31.4 Å². The molecule has 0 aromatic heterocycles. The standard InChI is InChI=1S/C19H19ClN2O4/c1-13(23)22(17-9-4-3-8-16(17)19(25)26-2)11-10-18(24)21-15-7-5-6-14(20)12-15/h3-9,12H,10-11H2,1-2H3,(H,21,24). The number of para-hydroxylation sites is 1. The normalized spacial score (nSPS) is 10.1. The lowest BCUT2D eigenvalue weighted by Crippen LogP contribution is -2.33. The largest absolute Gasteiger partial charge is 0.465 e. The lowest BCUT2D eigenvalue weighted by atomic mass is 10.1. The Morgan fingerprint density at radius 1 is 1.12 bits per heavy atom. The average Bonchev–Trinajstić information content (AvgIpc) is 2.61. The summed E-state index contributed by atoms with van der Waals surface area (Å²) < 4.78 is 4.75. The summed E-state index contributed by atoms with van der Waals surface area (Å²) >= 11 is 5.89. The molecule has 0 aliphatic rings. The molecule has 0 saturated carbocycles. The van der Waals surface area contributed by atoms with Gasteiger partial charge in [-0.25, -0.2) is 4.79 Å². The average molecular weight is 375 g/mol. The molecule has 26 heavy (non-hydrogen) atoms. The third-order valence-corrected chi connectivity index (χ3v) is 3.89. The van der Waals surface area contributed by atoms with Crippen molar-refractivity contribution in [3.05, 3.63) is 59.1 Å². The molecule has 0 bridgehead atoms. The monoisotopic (exact) mass is 374 g/mol. The van der Waals surface area contributed by atoms with Crippen LogP contribution in [0.15, 0.2) is 48.5 Å². The molecule has 2 aromatic rings. The highest BCUT2D eigenvalue weighted by molar-refractivity contribution is 6.30. The molecule has 136 valence electrons. The van der Waals surface area contributed by atoms with E-state index in [0.29, 0.717) is 16.4 Å². The fourth-order valence-electron chi connectivity index (χ4n) is 2.44. The molecule has 0 unspecified atom stereocenters. The summed E-state index contributed by atoms with van der Waals surface area (Å²) in [7, 11) is 1.27. The highest BCUT2D eigenvalue weighted by atomic mass is 35.5. The number of carbonyl (C=O) groups is 3. The van der Waals surface area contributed by atoms with Crippen LogP contribution in [0.5, 0.6) is 0 Å². The molecule has 2 rings (SSSR count). The second-order valence-electron chi connectivity index (χ2n) is 5.49. The Labute approximate surface area is 156 Å². The Balaban J connectivity index is 2.11. The Bertz CT molecular complexity index is 823. The van der Waals surface area contributed by atoms with Gasteiger partial charge in [-0.1, -0.05) is 29.8 Å². The van der Waals surface area contributed by atoms with E-state index in [-0.39, 0.29) is 30.3 Å². The summed E-state index contributed by atoms with van der Waals surface area (Å²) in [6.07, 6.45) is 0.0571. The summed E-state index contributed by atoms with van der Waals surface area (Å²) in [5.74, 6) is -1.10. The number of hydrogen-bond acceptors (Lipinski definition) is 4. The fraction of sp³-hybridized carbons (Fsp3) is 0.211. The number of carbonyl (C=O) groups excluding carboxylic acids is 3. The van der Waals surface area contributed by atoms with Crippen molar-refractivity contribution in [1.82, 2.24) is 0 Å². The van der Waals surface area contributed by atoms with Gasteiger partial charge in [-0.15, -0.1) is 0 Å². The molecular formula is C19H19ClN2O4. The minimum Gasteiger partial charge on any atom is -0.465 e. The molecule has 0 saturated heterocycles. The molecule has 0 atom stereocenters. The molecule has 6 nitrogen and oxygen atoms in total. The van der Waals surface area contributed by atoms with Crippen LogP contribution in [0.25, 0.3) is 0 Å². The lowest BCUT2D eigenvalue weighted by Gasteiger charge is -2.23. The zero-order valence-corrected chi connectivity index (χ0v) is 15.2. The molecule has 0 fully saturated rings. The van der Waals surface area contributed by atoms with Gasteiger partial charge in [0.25, 0.3) is 0 Å². The van der Waals surface area contributed by atoms with Crippen molar-refractivity contribution in [1.29, 1.82) is 0 Å². The van der Waals surface area contributed by atoms with E-state index in [1.54, 1.807) is 48.5 Å². The number of methoxy groups -OCH3 is 1. The third kappa shape index (κ3) is 5.07. The molecule has 0 spiro atoms. The van der Waals surface area contributed by atoms with Gasteiger partial charge in [0.1, 0.15) is 0 Å². The van der Waals surface area contributed by atoms with E-state index < -0.39 is 5.97 Å². The summed E-state index contributed by atoms with van der Waals surface area (Å²) in [5, 5.41) is 3.24. The fourth-order valence-corrected chi connectivity index (χ4v) is 2.63. The Kier molecular flexibility index (Phi) is 6.74. The number of rotatable bonds is 6. The Morgan fingerprint density at radius 2 is 1.85 bits per heavy atom. The Morgan fingerprint density at radius 3 is 2.50 bits per heavy atom. The van der Waals surface area contributed by atoms with Gasteiger partial charge in [-0.05, 0) is 30.3 Å². The first-order chi connectivity index (χ1) is 12.4. The van der Waals surface area contributed by atoms with Crippen LogP contribution in [0.2, 0.25) is 5.02 Å². The lowest BCUT2D eigenvalue weighted by molar-refractivity contribution is -0.117. The quantitative estimate of drug-likeness (QED) is 0.785. The van der Waals surface area contributed by atoms with Gasteiger partial charge in [-0.2, -0.15) is 0 Å². The van der Waals surface area contributed by atoms with Crippen molar-refractivity contribution in [3.8, 4) is 0 Å². The highest BCUT2D eigenvalue weighted by Crippen LogP contribution is 2.22. The molecule has 0 aliphatic carbocycles. The maximum atomic E-state index is 12.2. The topological polar surface area (TPSA) is 75.7 Å². The smallest absolute Gasteiger partial charge is 0.339 e. The van der Waals surface area contributed by atoms with Gasteiger partial charge in [0.15, 0.2) is 0 Å². The van der Waals surface area contributed by atoms with Crippen molar-refractivity contribution >= 4 is 40.8 Å². The number of halogens is 1. The van der Waals surface area contributed by atoms with E-state index >= 15 is 0 Å². The van der Waals surface area contributed by atoms with Crippen LogP contribution in [0.3, 0.4) is 0 Å². The molecule has 2 aromatic carbocycles. The van der Waals surface area contributed by atoms with E-state index in [1.165, 1.54) is 18.9 Å². The summed E-state index contributed by atoms with van der Waals surface area (Å²) in [5.41, 5.74) is 1.25. The van der Waals surface area contributed by atoms with E-state index in [0.717, 1.165) is 0 Å². The molecule has 0 heterocycles. The SMILES string of the molecule is COC(=O)c1ccccc1N(CCC(=O)Nc1cccc(Cl)c1)C(C)=O. The van der Waals surface area contributed by atoms with Crippen molar-refractivity contribution in [2.45, 2.75) is 13.3 Å². The predicted molar refractivity (Wildman–Crippen MR) is 101 cm³/mol. The number of esters is 1. The molecule has 2 amide bonds. The van der Waals surface area contributed by atoms with Crippen LogP contribution in [0.1, 0.15) is 23.7 Å². The zero-order chi connectivity index (χ0) is 19.1. The first-order valence-electron chi connectivity index (χ1n) is 7.93. The molecule has 7 heteroatoms. The predicted octanol–water partition coefficient (Wildman–Crippen LogP) is 3.51. The van der Waals surface area contributed by atoms with Crippen LogP contribution in [-0.2, 0) is 14.3 Å². The van der Waals surface area contributed by atoms with Gasteiger partial charge in [-0.3, -0.25) is 9.59 Å². The van der Waals surface area contributed by atoms with Gasteiger partial charge in [0.2, 0.25) is 11.8 Å². The number of nitrogens with one attached hydrogen (secondary N) is 1. The molecular weight excluding hydrogens is 356 g/mol. The van der Waals surface area contributed by atoms with Crippen molar-refractivity contribution in [3.63, 3.8) is 0 Å². The van der Waals surface area contributed by atoms with Crippen LogP contribution in [0, 0.1) is 0 Å². The summed E-state index contributed by atoms with van der Waals surface area (Å²) in [6.45, 7) is 1.50. The maximum Gasteiger partial charge on any atom is 0.339 e. The second-order valence-corrected chi connectivity index (χ2v) is 5.92. The second kappa shape index (κ2) is 9.01. The van der Waals surface area contributed by atoms with Crippen molar-refractivity contribution in [2.75, 3.05) is 23.9 Å². The number of hydrogen-bond donors (Lipinski definition) is 1. The molecule has 0 aliphatic heterocycles. The van der Waals surface area contributed by atoms with Crippen molar-refractivity contribution in [2.24, 2.45) is 0 Å². The molecule has 0 radical (unpaired) electrons. The van der Waals surface area contributed by atoms with Gasteiger partial charge in [0, 0.05) is 30.6 Å². The maximum absolute atomic E-state index is 12.2. The summed E-state index contributed by atoms with van der Waals surface area (Å²) in [4.78, 5) is 37.5. The van der Waals surface area contributed by atoms with Crippen LogP contribution in [0.4, 0.5) is 11.4 Å². The number of benzene rings is 2. The Hall–Kier alpha value is -2.86. The number of anilines is 2. The first kappa shape index (κ1) is 19.5. The van der Waals surface area contributed by atoms with Crippen molar-refractivity contribution < 1.29 is 19.1 Å². The zero-order valence-electron chi connectivity index (χ0n) is 14.5. The van der Waals surface area contributed by atoms with Gasteiger partial charge in [0.05, 0.1) is 18.4 Å². The third-order valence-electron chi connectivity index (χ3n) is 3.65. The van der Waals surface area contributed by atoms with E-state index in [1.807, 2.05) is 0 Å². The first-order valence-corrected chi connectivity index (χ1v) is 8.31. The minimum absolute atomic E-state index is 0.0571. The van der Waals surface area contributed by atoms with Gasteiger partial charge >= 0.3 is 5.97 Å². The summed E-state index contributed by atoms with van der Waals surface area (Å²) in [6, 6.07) is 13.4. The van der Waals surface area contributed by atoms with Gasteiger partial charge < -0.3 is 15.0 Å². The number of nitrogens with zero attached hydrogens (tertiary/aromatic N) is 1. The number of ether oxygens (including phenoxy) is 1. The van der Waals surface area contributed by atoms with Crippen LogP contribution < -0.4 is 10.2 Å². The van der Waals surface area contributed by atoms with Crippen LogP contribution >= 0.6 is 11.6 Å². The van der Waals surface area contributed by atoms with E-state index in [9.17, 15) is 14.4 Å². The van der Waals surface area contributed by atoms with E-state index in [2.05, 4.69) is 5.32 Å². The minimum atomic E-state index is -0.546. The number of amides is 2.